The Kier molecular flexibility index (Phi) is 27.3. The Morgan fingerprint density at radius 3 is 2.08 bits per heavy atom. The number of carbonyl (C=O) groups is 10. The Morgan fingerprint density at radius 1 is 0.843 bits per heavy atom. The Morgan fingerprint density at radius 2 is 1.51 bits per heavy atom. The molecule has 3 aromatic rings. The van der Waals surface area contributed by atoms with Crippen LogP contribution in [0.2, 0.25) is 4.28 Å². The third-order valence-electron chi connectivity index (χ3n) is 14.2. The number of Topliss-reactive ketones (excluding diaryl/α,β-unsaturated/α-hetero) is 1. The van der Waals surface area contributed by atoms with Crippen LogP contribution in [-0.4, -0.2) is 160 Å². The number of halogens is 2. The molecule has 0 spiro atoms. The monoisotopic (exact) mass is 1180 g/mol. The van der Waals surface area contributed by atoms with Crippen molar-refractivity contribution < 1.29 is 72.0 Å². The predicted molar refractivity (Wildman–Crippen MR) is 307 cm³/mol. The molecular formula is C58H80AlF2N9O13. The number of carboxylic acids is 2. The number of hydrogen-bond acceptors (Lipinski definition) is 13. The van der Waals surface area contributed by atoms with E-state index >= 15 is 4.39 Å². The molecule has 0 bridgehead atoms. The van der Waals surface area contributed by atoms with Gasteiger partial charge in [0.05, 0.1) is 12.5 Å². The topological polar surface area (TPSA) is 338 Å². The van der Waals surface area contributed by atoms with Crippen molar-refractivity contribution in [3.05, 3.63) is 96.0 Å². The second kappa shape index (κ2) is 32.4. The van der Waals surface area contributed by atoms with Crippen LogP contribution in [-0.2, 0) is 54.5 Å². The van der Waals surface area contributed by atoms with Crippen molar-refractivity contribution in [3.63, 3.8) is 0 Å². The number of aliphatic hydroxyl groups is 1. The number of aromatic nitrogens is 1. The summed E-state index contributed by atoms with van der Waals surface area (Å²) >= 11 is -0.355. The van der Waals surface area contributed by atoms with Crippen LogP contribution in [0.25, 0.3) is 11.1 Å². The number of rotatable bonds is 37. The average Bonchev–Trinajstić information content (AvgIpc) is 4.06. The van der Waals surface area contributed by atoms with Gasteiger partial charge in [-0.2, -0.15) is 0 Å². The van der Waals surface area contributed by atoms with Gasteiger partial charge in [0.2, 0.25) is 23.6 Å². The Labute approximate surface area is 488 Å². The SMILES string of the molecule is [CH2]=[Al][C](C)(CC)C(=O)CCCC(=O)N[C@@H](C)C(=C)N[C@@H](C)C(=O)N[C@@H](CC(N)=O)C(=O)N[C@@](C=O)(CCN(C(=O)CO)[C@@H](c1cc(-c2cc(F)ccc2F)cn1Cc1ccccc1)C(C)(C)C)CNCCC(=O)N[C@@H](CCC(=O)O)C(=O)O. The summed E-state index contributed by atoms with van der Waals surface area (Å²) in [5.74, 6) is -9.23. The van der Waals surface area contributed by atoms with Crippen LogP contribution < -0.4 is 37.6 Å². The molecule has 0 fully saturated rings. The van der Waals surface area contributed by atoms with E-state index in [0.29, 0.717) is 24.8 Å². The number of aliphatic hydroxyl groups excluding tert-OH is 1. The molecule has 1 heterocycles. The van der Waals surface area contributed by atoms with Crippen LogP contribution in [0.5, 0.6) is 0 Å². The summed E-state index contributed by atoms with van der Waals surface area (Å²) in [6, 6.07) is 7.45. The molecule has 0 saturated heterocycles. The van der Waals surface area contributed by atoms with Crippen LogP contribution in [0.3, 0.4) is 0 Å². The summed E-state index contributed by atoms with van der Waals surface area (Å²) in [5, 5.41) is 49.0. The van der Waals surface area contributed by atoms with Gasteiger partial charge in [-0.15, -0.1) is 0 Å². The molecule has 0 saturated carbocycles. The number of nitrogens with zero attached hydrogens (tertiary/aromatic N) is 2. The molecule has 25 heteroatoms. The summed E-state index contributed by atoms with van der Waals surface area (Å²) in [7, 11) is 0. The Bertz CT molecular complexity index is 2830. The standard InChI is InChI=1S/C57H78F2N9O13.CH2.Al/c1-9-34(2)46(71)16-13-17-48(73)63-36(4)35(3)62-37(5)53(78)65-44(28-47(60)72)54(79)66-57(33-70,32-61-24-22-49(74)64-43(55(80)81)20-21-51(76)77)23-25-68(50(75)31-69)52(56(6,7)8)45-26-39(41-27-40(58)18-19-42(41)59)30-67(45)29-38-14-11-10-12-15-38;;/h10-12,14-15,18-19,26-27,30,33,36-37,43-44,52,61-62,69H,3,9,13,16-17,20-25,28-29,31-32H2,1-2,4-8H3,(H2,60,72)(H,63,73)(H,64,74)(H,65,78)(H,66,79)(H,76,77)(H,80,81);1H2;/t36-,37-,43-,44-,52-,57-;;/m0../s1. The molecule has 0 aliphatic heterocycles. The number of carboxylic acid groups (broad SMARTS) is 2. The third-order valence-corrected chi connectivity index (χ3v) is 15.9. The molecule has 1 unspecified atom stereocenters. The van der Waals surface area contributed by atoms with Gasteiger partial charge in [0.15, 0.2) is 0 Å². The van der Waals surface area contributed by atoms with Gasteiger partial charge >= 0.3 is 152 Å². The first-order valence-electron chi connectivity index (χ1n) is 27.3. The molecule has 6 amide bonds. The van der Waals surface area contributed by atoms with Crippen LogP contribution in [0.15, 0.2) is 73.1 Å². The minimum atomic E-state index is -2.10. The van der Waals surface area contributed by atoms with Gasteiger partial charge < -0.3 is 56.6 Å². The van der Waals surface area contributed by atoms with Crippen molar-refractivity contribution in [2.45, 2.75) is 153 Å². The summed E-state index contributed by atoms with van der Waals surface area (Å²) < 4.78 is 31.4. The van der Waals surface area contributed by atoms with Gasteiger partial charge in [-0.3, -0.25) is 28.8 Å². The molecule has 0 radical (unpaired) electrons. The van der Waals surface area contributed by atoms with Gasteiger partial charge in [0, 0.05) is 62.0 Å². The zero-order chi connectivity index (χ0) is 62.4. The van der Waals surface area contributed by atoms with E-state index in [1.807, 2.05) is 32.0 Å². The van der Waals surface area contributed by atoms with Crippen molar-refractivity contribution in [1.82, 2.24) is 41.4 Å². The molecule has 2 aromatic carbocycles. The molecule has 83 heavy (non-hydrogen) atoms. The van der Waals surface area contributed by atoms with E-state index in [1.54, 1.807) is 56.7 Å². The van der Waals surface area contributed by atoms with Gasteiger partial charge in [-0.05, 0) is 48.1 Å². The van der Waals surface area contributed by atoms with Crippen LogP contribution in [0, 0.1) is 17.0 Å². The number of nitrogens with two attached hydrogens (primary N) is 1. The minimum Gasteiger partial charge on any atom is -0.481 e. The number of benzene rings is 2. The number of aldehydes is 1. The average molecular weight is 1180 g/mol. The van der Waals surface area contributed by atoms with Crippen molar-refractivity contribution >= 4 is 79.6 Å². The first-order chi connectivity index (χ1) is 38.9. The maximum absolute atomic E-state index is 15.5. The number of nitrogens with one attached hydrogen (secondary N) is 6. The second-order valence-electron chi connectivity index (χ2n) is 21.9. The quantitative estimate of drug-likeness (QED) is 0.0225. The van der Waals surface area contributed by atoms with Gasteiger partial charge in [0.1, 0.15) is 42.2 Å². The van der Waals surface area contributed by atoms with E-state index in [9.17, 15) is 62.5 Å². The molecule has 7 atom stereocenters. The zero-order valence-corrected chi connectivity index (χ0v) is 49.4. The van der Waals surface area contributed by atoms with E-state index in [2.05, 4.69) is 43.9 Å². The molecule has 22 nitrogen and oxygen atoms in total. The first kappa shape index (κ1) is 69.8. The fourth-order valence-corrected chi connectivity index (χ4v) is 9.77. The Hall–Kier alpha value is -7.46. The molecule has 3 rings (SSSR count). The number of primary amides is 1. The molecular weight excluding hydrogens is 1100 g/mol. The molecule has 0 aliphatic carbocycles. The van der Waals surface area contributed by atoms with Crippen molar-refractivity contribution in [3.8, 4) is 11.1 Å². The first-order valence-corrected chi connectivity index (χ1v) is 28.7. The molecule has 11 N–H and O–H groups in total. The summed E-state index contributed by atoms with van der Waals surface area (Å²) in [5.41, 5.74) is 4.09. The number of aliphatic carboxylic acids is 2. The number of ketones is 1. The number of hydrogen-bond donors (Lipinski definition) is 10. The number of amides is 6. The van der Waals surface area contributed by atoms with E-state index in [0.717, 1.165) is 23.8 Å². The molecule has 0 aliphatic rings. The third kappa shape index (κ3) is 21.7. The normalized spacial score (nSPS) is 14.5. The van der Waals surface area contributed by atoms with Crippen molar-refractivity contribution in [1.29, 1.82) is 0 Å². The maximum atomic E-state index is 15.5. The van der Waals surface area contributed by atoms with Crippen molar-refractivity contribution in [2.75, 3.05) is 26.2 Å². The van der Waals surface area contributed by atoms with E-state index in [-0.39, 0.29) is 69.2 Å². The van der Waals surface area contributed by atoms with Gasteiger partial charge in [-0.1, -0.05) is 51.1 Å². The van der Waals surface area contributed by atoms with Gasteiger partial charge in [0.25, 0.3) is 0 Å². The van der Waals surface area contributed by atoms with Gasteiger partial charge in [-0.25, -0.2) is 13.6 Å². The fraction of sp³-hybridized carbons (Fsp3) is 0.500. The van der Waals surface area contributed by atoms with E-state index < -0.39 is 150 Å². The van der Waals surface area contributed by atoms with E-state index in [1.165, 1.54) is 11.8 Å². The second-order valence-corrected chi connectivity index (χ2v) is 23.6. The Balaban J connectivity index is 2.02. The fourth-order valence-electron chi connectivity index (χ4n) is 9.11. The molecule has 452 valence electrons. The molecule has 1 aromatic heterocycles. The zero-order valence-electron chi connectivity index (χ0n) is 48.3. The van der Waals surface area contributed by atoms with Crippen LogP contribution in [0.1, 0.15) is 124 Å². The van der Waals surface area contributed by atoms with Crippen LogP contribution >= 0.6 is 0 Å². The summed E-state index contributed by atoms with van der Waals surface area (Å²) in [4.78, 5) is 131. The van der Waals surface area contributed by atoms with E-state index in [4.69, 9.17) is 10.8 Å². The van der Waals surface area contributed by atoms with Crippen LogP contribution in [0.4, 0.5) is 8.78 Å². The summed E-state index contributed by atoms with van der Waals surface area (Å²) in [6.45, 7) is 14.0. The minimum absolute atomic E-state index is 0.0448. The van der Waals surface area contributed by atoms with Crippen molar-refractivity contribution in [2.24, 2.45) is 11.1 Å². The summed E-state index contributed by atoms with van der Waals surface area (Å²) in [6.07, 6.45) is 0.471. The smallest absolute Gasteiger partial charge is 0.481 e. The predicted octanol–water partition coefficient (Wildman–Crippen LogP) is 3.07. The number of carbonyl (C=O) groups excluding carboxylic acids is 8.